The minimum atomic E-state index is -1.10. The third kappa shape index (κ3) is 6.14. The second-order valence-corrected chi connectivity index (χ2v) is 6.61. The van der Waals surface area contributed by atoms with Crippen LogP contribution in [0, 0.1) is 17.1 Å². The molecule has 2 aromatic rings. The Labute approximate surface area is 173 Å². The van der Waals surface area contributed by atoms with Crippen LogP contribution in [0.4, 0.5) is 4.39 Å². The molecule has 2 N–H and O–H groups in total. The van der Waals surface area contributed by atoms with Gasteiger partial charge in [0.15, 0.2) is 0 Å². The minimum absolute atomic E-state index is 0.0225. The molecule has 8 heteroatoms. The molecule has 2 rings (SSSR count). The molecule has 0 bridgehead atoms. The average Bonchev–Trinajstić information content (AvgIpc) is 2.73. The van der Waals surface area contributed by atoms with E-state index < -0.39 is 35.7 Å². The number of nitriles is 1. The third-order valence-electron chi connectivity index (χ3n) is 4.44. The number of ether oxygens (including phenoxy) is 1. The Balaban J connectivity index is 2.23. The fourth-order valence-corrected chi connectivity index (χ4v) is 2.97. The number of hydrogen-bond donors (Lipinski definition) is 2. The molecule has 2 atom stereocenters. The first kappa shape index (κ1) is 22.6. The predicted octanol–water partition coefficient (Wildman–Crippen LogP) is 1.65. The van der Waals surface area contributed by atoms with Crippen LogP contribution in [0.15, 0.2) is 48.5 Å². The van der Waals surface area contributed by atoms with Crippen molar-refractivity contribution in [1.82, 2.24) is 10.6 Å². The van der Waals surface area contributed by atoms with Gasteiger partial charge in [-0.2, -0.15) is 5.26 Å². The molecular formula is C22H22FN3O4. The molecule has 30 heavy (non-hydrogen) atoms. The summed E-state index contributed by atoms with van der Waals surface area (Å²) in [7, 11) is 1.18. The van der Waals surface area contributed by atoms with Crippen LogP contribution in [0.1, 0.15) is 23.6 Å². The first-order valence-electron chi connectivity index (χ1n) is 9.22. The number of nitrogens with one attached hydrogen (secondary N) is 2. The van der Waals surface area contributed by atoms with Crippen molar-refractivity contribution in [1.29, 1.82) is 5.26 Å². The topological polar surface area (TPSA) is 108 Å². The summed E-state index contributed by atoms with van der Waals surface area (Å²) < 4.78 is 18.8. The average molecular weight is 411 g/mol. The number of benzene rings is 2. The van der Waals surface area contributed by atoms with E-state index in [4.69, 9.17) is 4.74 Å². The highest BCUT2D eigenvalue weighted by Crippen LogP contribution is 2.13. The van der Waals surface area contributed by atoms with Crippen molar-refractivity contribution >= 4 is 17.8 Å². The van der Waals surface area contributed by atoms with E-state index in [0.29, 0.717) is 11.1 Å². The van der Waals surface area contributed by atoms with Gasteiger partial charge in [0.1, 0.15) is 17.9 Å². The van der Waals surface area contributed by atoms with Gasteiger partial charge in [-0.1, -0.05) is 36.4 Å². The van der Waals surface area contributed by atoms with Gasteiger partial charge in [0.2, 0.25) is 11.8 Å². The molecule has 0 aromatic heterocycles. The largest absolute Gasteiger partial charge is 0.467 e. The maximum atomic E-state index is 14.0. The number of carbonyl (C=O) groups excluding carboxylic acids is 3. The van der Waals surface area contributed by atoms with Gasteiger partial charge in [-0.15, -0.1) is 0 Å². The van der Waals surface area contributed by atoms with Crippen LogP contribution in [0.3, 0.4) is 0 Å². The van der Waals surface area contributed by atoms with E-state index in [-0.39, 0.29) is 18.4 Å². The summed E-state index contributed by atoms with van der Waals surface area (Å²) >= 11 is 0. The van der Waals surface area contributed by atoms with Crippen LogP contribution in [0.2, 0.25) is 0 Å². The Bertz CT molecular complexity index is 971. The molecule has 0 aliphatic carbocycles. The molecule has 0 saturated carbocycles. The number of nitrogens with zero attached hydrogens (tertiary/aromatic N) is 1. The van der Waals surface area contributed by atoms with E-state index in [9.17, 15) is 24.0 Å². The summed E-state index contributed by atoms with van der Waals surface area (Å²) in [6.07, 6.45) is -0.0740. The highest BCUT2D eigenvalue weighted by Gasteiger charge is 2.28. The standard InChI is InChI=1S/C22H22FN3O4/c1-14(27)25-19(12-16-8-5-6-10-18(16)23)21(28)26-20(22(29)30-2)11-15-7-3-4-9-17(15)13-24/h3-10,19-20H,11-12H2,1-2H3,(H,25,27)(H,26,28)/t19-,20-/m1/s1. The summed E-state index contributed by atoms with van der Waals surface area (Å²) in [6, 6.07) is 12.4. The molecule has 2 aromatic carbocycles. The number of methoxy groups -OCH3 is 1. The predicted molar refractivity (Wildman–Crippen MR) is 107 cm³/mol. The fraction of sp³-hybridized carbons (Fsp3) is 0.273. The Morgan fingerprint density at radius 2 is 1.60 bits per heavy atom. The van der Waals surface area contributed by atoms with Crippen LogP contribution in [0.25, 0.3) is 0 Å². The summed E-state index contributed by atoms with van der Waals surface area (Å²) in [4.78, 5) is 36.7. The van der Waals surface area contributed by atoms with Crippen LogP contribution >= 0.6 is 0 Å². The Morgan fingerprint density at radius 1 is 1.00 bits per heavy atom. The monoisotopic (exact) mass is 411 g/mol. The highest BCUT2D eigenvalue weighted by molar-refractivity contribution is 5.90. The van der Waals surface area contributed by atoms with Crippen molar-refractivity contribution in [2.24, 2.45) is 0 Å². The molecule has 0 radical (unpaired) electrons. The van der Waals surface area contributed by atoms with Gasteiger partial charge in [0, 0.05) is 19.8 Å². The molecule has 0 saturated heterocycles. The van der Waals surface area contributed by atoms with Gasteiger partial charge in [0.25, 0.3) is 0 Å². The van der Waals surface area contributed by atoms with Crippen molar-refractivity contribution in [3.63, 3.8) is 0 Å². The molecule has 0 fully saturated rings. The summed E-state index contributed by atoms with van der Waals surface area (Å²) in [5, 5.41) is 14.3. The number of esters is 1. The van der Waals surface area contributed by atoms with Gasteiger partial charge in [0.05, 0.1) is 18.7 Å². The number of halogens is 1. The molecule has 0 aliphatic rings. The van der Waals surface area contributed by atoms with E-state index in [1.165, 1.54) is 32.2 Å². The van der Waals surface area contributed by atoms with Gasteiger partial charge >= 0.3 is 5.97 Å². The molecule has 2 amide bonds. The molecule has 0 heterocycles. The minimum Gasteiger partial charge on any atom is -0.467 e. The van der Waals surface area contributed by atoms with Crippen molar-refractivity contribution in [2.75, 3.05) is 7.11 Å². The van der Waals surface area contributed by atoms with Crippen LogP contribution in [0.5, 0.6) is 0 Å². The zero-order valence-electron chi connectivity index (χ0n) is 16.6. The van der Waals surface area contributed by atoms with Crippen molar-refractivity contribution in [2.45, 2.75) is 31.8 Å². The van der Waals surface area contributed by atoms with E-state index in [1.54, 1.807) is 30.3 Å². The number of carbonyl (C=O) groups is 3. The SMILES string of the molecule is COC(=O)[C@@H](Cc1ccccc1C#N)NC(=O)[C@@H](Cc1ccccc1F)NC(C)=O. The molecule has 156 valence electrons. The lowest BCUT2D eigenvalue weighted by atomic mass is 9.99. The normalized spacial score (nSPS) is 12.2. The zero-order chi connectivity index (χ0) is 22.1. The van der Waals surface area contributed by atoms with Crippen molar-refractivity contribution in [3.8, 4) is 6.07 Å². The van der Waals surface area contributed by atoms with Crippen LogP contribution in [-0.4, -0.2) is 37.0 Å². The van der Waals surface area contributed by atoms with Crippen molar-refractivity contribution in [3.05, 3.63) is 71.0 Å². The Morgan fingerprint density at radius 3 is 2.20 bits per heavy atom. The second kappa shape index (κ2) is 10.7. The summed E-state index contributed by atoms with van der Waals surface area (Å²) in [5.41, 5.74) is 1.17. The molecule has 0 spiro atoms. The number of amides is 2. The summed E-state index contributed by atoms with van der Waals surface area (Å²) in [5.74, 6) is -2.36. The van der Waals surface area contributed by atoms with E-state index in [0.717, 1.165) is 0 Å². The summed E-state index contributed by atoms with van der Waals surface area (Å²) in [6.45, 7) is 1.24. The smallest absolute Gasteiger partial charge is 0.328 e. The lowest BCUT2D eigenvalue weighted by Crippen LogP contribution is -2.53. The highest BCUT2D eigenvalue weighted by atomic mass is 19.1. The lowest BCUT2D eigenvalue weighted by Gasteiger charge is -2.22. The number of rotatable bonds is 8. The Hall–Kier alpha value is -3.73. The second-order valence-electron chi connectivity index (χ2n) is 6.61. The fourth-order valence-electron chi connectivity index (χ4n) is 2.97. The maximum Gasteiger partial charge on any atom is 0.328 e. The van der Waals surface area contributed by atoms with Gasteiger partial charge in [-0.3, -0.25) is 9.59 Å². The van der Waals surface area contributed by atoms with Crippen molar-refractivity contribution < 1.29 is 23.5 Å². The zero-order valence-corrected chi connectivity index (χ0v) is 16.6. The number of hydrogen-bond acceptors (Lipinski definition) is 5. The van der Waals surface area contributed by atoms with Gasteiger partial charge in [-0.05, 0) is 23.3 Å². The van der Waals surface area contributed by atoms with E-state index >= 15 is 0 Å². The lowest BCUT2D eigenvalue weighted by molar-refractivity contribution is -0.145. The molecule has 0 aliphatic heterocycles. The van der Waals surface area contributed by atoms with E-state index in [2.05, 4.69) is 10.6 Å². The van der Waals surface area contributed by atoms with Gasteiger partial charge < -0.3 is 15.4 Å². The first-order valence-corrected chi connectivity index (χ1v) is 9.22. The maximum absolute atomic E-state index is 14.0. The first-order chi connectivity index (χ1) is 14.3. The Kier molecular flexibility index (Phi) is 8.06. The molecule has 0 unspecified atom stereocenters. The molecule has 7 nitrogen and oxygen atoms in total. The van der Waals surface area contributed by atoms with E-state index in [1.807, 2.05) is 6.07 Å². The van der Waals surface area contributed by atoms with Crippen LogP contribution in [-0.2, 0) is 32.0 Å². The quantitative estimate of drug-likeness (QED) is 0.642. The third-order valence-corrected chi connectivity index (χ3v) is 4.44. The van der Waals surface area contributed by atoms with Crippen LogP contribution < -0.4 is 10.6 Å². The molecular weight excluding hydrogens is 389 g/mol. The van der Waals surface area contributed by atoms with Gasteiger partial charge in [-0.25, -0.2) is 9.18 Å².